The monoisotopic (exact) mass is 564 g/mol. The fraction of sp³-hybridized carbons (Fsp3) is 0.375. The molecule has 0 saturated heterocycles. The molecule has 0 amide bonds. The predicted molar refractivity (Wildman–Crippen MR) is 151 cm³/mol. The predicted octanol–water partition coefficient (Wildman–Crippen LogP) is 5.83. The molecule has 218 valence electrons. The normalized spacial score (nSPS) is 13.0. The number of carbonyl (C=O) groups is 4. The van der Waals surface area contributed by atoms with Gasteiger partial charge in [0.2, 0.25) is 0 Å². The molecule has 41 heavy (non-hydrogen) atoms. The minimum atomic E-state index is -0.741. The number of hydrogen-bond acceptors (Lipinski definition) is 9. The Bertz CT molecular complexity index is 1240. The summed E-state index contributed by atoms with van der Waals surface area (Å²) in [4.78, 5) is 48.2. The fourth-order valence-electron chi connectivity index (χ4n) is 4.11. The molecule has 2 aromatic carbocycles. The van der Waals surface area contributed by atoms with Crippen LogP contribution in [-0.4, -0.2) is 43.2 Å². The zero-order valence-corrected chi connectivity index (χ0v) is 23.4. The Balaban J connectivity index is 1.42. The van der Waals surface area contributed by atoms with Crippen molar-refractivity contribution >= 4 is 23.9 Å². The van der Waals surface area contributed by atoms with E-state index in [1.54, 1.807) is 25.1 Å². The van der Waals surface area contributed by atoms with Crippen LogP contribution in [0.4, 0.5) is 0 Å². The van der Waals surface area contributed by atoms with E-state index >= 15 is 0 Å². The maximum absolute atomic E-state index is 12.7. The summed E-state index contributed by atoms with van der Waals surface area (Å²) in [5, 5.41) is 0. The summed E-state index contributed by atoms with van der Waals surface area (Å²) in [6, 6.07) is 11.0. The van der Waals surface area contributed by atoms with Crippen molar-refractivity contribution in [1.82, 2.24) is 0 Å². The lowest BCUT2D eigenvalue weighted by atomic mass is 9.98. The molecule has 0 atom stereocenters. The molecule has 9 nitrogen and oxygen atoms in total. The molecule has 0 bridgehead atoms. The zero-order valence-electron chi connectivity index (χ0n) is 23.4. The highest BCUT2D eigenvalue weighted by atomic mass is 16.6. The molecular weight excluding hydrogens is 528 g/mol. The number of esters is 4. The minimum Gasteiger partial charge on any atom is -0.494 e. The van der Waals surface area contributed by atoms with E-state index in [1.807, 2.05) is 0 Å². The molecule has 2 aromatic rings. The van der Waals surface area contributed by atoms with Crippen LogP contribution in [0.1, 0.15) is 67.3 Å². The van der Waals surface area contributed by atoms with Crippen LogP contribution < -0.4 is 14.2 Å². The summed E-state index contributed by atoms with van der Waals surface area (Å²) < 4.78 is 26.9. The van der Waals surface area contributed by atoms with Crippen LogP contribution >= 0.6 is 0 Å². The Morgan fingerprint density at radius 1 is 0.902 bits per heavy atom. The first-order valence-corrected chi connectivity index (χ1v) is 13.7. The summed E-state index contributed by atoms with van der Waals surface area (Å²) in [5.41, 5.74) is 0.963. The number of ether oxygens (including phenoxy) is 5. The third-order valence-corrected chi connectivity index (χ3v) is 6.36. The number of hydrogen-bond donors (Lipinski definition) is 0. The van der Waals surface area contributed by atoms with Gasteiger partial charge in [-0.25, -0.2) is 14.4 Å². The summed E-state index contributed by atoms with van der Waals surface area (Å²) in [6.45, 7) is 9.54. The number of carbonyl (C=O) groups excluding carboxylic acids is 4. The number of benzene rings is 2. The van der Waals surface area contributed by atoms with Crippen molar-refractivity contribution in [3.63, 3.8) is 0 Å². The van der Waals surface area contributed by atoms with Crippen molar-refractivity contribution in [2.75, 3.05) is 13.2 Å². The van der Waals surface area contributed by atoms with Gasteiger partial charge in [0.1, 0.15) is 23.4 Å². The molecule has 1 saturated carbocycles. The Morgan fingerprint density at radius 2 is 1.59 bits per heavy atom. The van der Waals surface area contributed by atoms with Gasteiger partial charge in [-0.3, -0.25) is 4.79 Å². The average Bonchev–Trinajstić information content (AvgIpc) is 2.96. The van der Waals surface area contributed by atoms with E-state index in [4.69, 9.17) is 23.7 Å². The van der Waals surface area contributed by atoms with E-state index < -0.39 is 23.9 Å². The summed E-state index contributed by atoms with van der Waals surface area (Å²) in [5.74, 6) is -1.05. The first-order chi connectivity index (χ1) is 19.7. The molecule has 0 heterocycles. The highest BCUT2D eigenvalue weighted by molar-refractivity contribution is 5.95. The van der Waals surface area contributed by atoms with Gasteiger partial charge in [0.15, 0.2) is 0 Å². The van der Waals surface area contributed by atoms with Gasteiger partial charge in [0.25, 0.3) is 0 Å². The molecule has 3 rings (SSSR count). The van der Waals surface area contributed by atoms with Crippen LogP contribution in [0.5, 0.6) is 17.2 Å². The quantitative estimate of drug-likeness (QED) is 0.121. The maximum atomic E-state index is 12.7. The van der Waals surface area contributed by atoms with Gasteiger partial charge in [-0.1, -0.05) is 19.6 Å². The molecule has 1 aliphatic rings. The van der Waals surface area contributed by atoms with Gasteiger partial charge in [-0.05, 0) is 93.5 Å². The second kappa shape index (κ2) is 16.0. The van der Waals surface area contributed by atoms with Crippen molar-refractivity contribution in [3.8, 4) is 17.2 Å². The Kier molecular flexibility index (Phi) is 12.2. The second-order valence-electron chi connectivity index (χ2n) is 9.69. The molecule has 0 N–H and O–H groups in total. The first-order valence-electron chi connectivity index (χ1n) is 13.7. The SMILES string of the molecule is C=CC(=O)OCCCCOc1ccc(OC(=O)c2ccc(OC(=O)C(=C)CC(=O)OC3CCCCC3)cc2)c(C)c1. The Labute approximate surface area is 240 Å². The minimum absolute atomic E-state index is 0.00813. The molecule has 0 spiro atoms. The summed E-state index contributed by atoms with van der Waals surface area (Å²) in [6.07, 6.45) is 7.05. The van der Waals surface area contributed by atoms with Crippen LogP contribution in [0, 0.1) is 6.92 Å². The molecule has 0 aliphatic heterocycles. The van der Waals surface area contributed by atoms with Crippen molar-refractivity contribution in [3.05, 3.63) is 78.4 Å². The lowest BCUT2D eigenvalue weighted by Crippen LogP contribution is -2.22. The standard InChI is InChI=1S/C32H36O9/c1-4-29(33)38-19-9-8-18-37-27-16-17-28(22(2)20-27)41-32(36)24-12-14-26(15-13-24)40-31(35)23(3)21-30(34)39-25-10-6-5-7-11-25/h4,12-17,20,25H,1,3,5-11,18-19,21H2,2H3. The maximum Gasteiger partial charge on any atom is 0.343 e. The van der Waals surface area contributed by atoms with Crippen LogP contribution in [0.15, 0.2) is 67.3 Å². The molecular formula is C32H36O9. The summed E-state index contributed by atoms with van der Waals surface area (Å²) >= 11 is 0. The Hall–Kier alpha value is -4.40. The lowest BCUT2D eigenvalue weighted by Gasteiger charge is -2.21. The smallest absolute Gasteiger partial charge is 0.343 e. The topological polar surface area (TPSA) is 114 Å². The third kappa shape index (κ3) is 10.6. The van der Waals surface area contributed by atoms with Crippen LogP contribution in [0.3, 0.4) is 0 Å². The molecule has 9 heteroatoms. The van der Waals surface area contributed by atoms with E-state index in [0.717, 1.165) is 38.2 Å². The van der Waals surface area contributed by atoms with Gasteiger partial charge in [-0.2, -0.15) is 0 Å². The summed E-state index contributed by atoms with van der Waals surface area (Å²) in [7, 11) is 0. The van der Waals surface area contributed by atoms with Crippen molar-refractivity contribution < 1.29 is 42.9 Å². The molecule has 1 fully saturated rings. The van der Waals surface area contributed by atoms with Crippen molar-refractivity contribution in [2.24, 2.45) is 0 Å². The highest BCUT2D eigenvalue weighted by Gasteiger charge is 2.21. The van der Waals surface area contributed by atoms with Gasteiger partial charge in [0.05, 0.1) is 25.2 Å². The molecule has 0 aromatic heterocycles. The third-order valence-electron chi connectivity index (χ3n) is 6.36. The van der Waals surface area contributed by atoms with E-state index in [2.05, 4.69) is 13.2 Å². The Morgan fingerprint density at radius 3 is 2.27 bits per heavy atom. The van der Waals surface area contributed by atoms with E-state index in [-0.39, 0.29) is 29.4 Å². The first kappa shape index (κ1) is 31.1. The molecule has 0 unspecified atom stereocenters. The molecule has 0 radical (unpaired) electrons. The van der Waals surface area contributed by atoms with Crippen LogP contribution in [0.2, 0.25) is 0 Å². The largest absolute Gasteiger partial charge is 0.494 e. The molecule has 1 aliphatic carbocycles. The zero-order chi connectivity index (χ0) is 29.6. The highest BCUT2D eigenvalue weighted by Crippen LogP contribution is 2.25. The second-order valence-corrected chi connectivity index (χ2v) is 9.69. The lowest BCUT2D eigenvalue weighted by molar-refractivity contribution is -0.150. The number of rotatable bonds is 14. The van der Waals surface area contributed by atoms with Gasteiger partial charge >= 0.3 is 23.9 Å². The van der Waals surface area contributed by atoms with Crippen LogP contribution in [-0.2, 0) is 23.9 Å². The van der Waals surface area contributed by atoms with Crippen molar-refractivity contribution in [1.29, 1.82) is 0 Å². The number of aryl methyl sites for hydroxylation is 1. The van der Waals surface area contributed by atoms with E-state index in [1.165, 1.54) is 24.3 Å². The van der Waals surface area contributed by atoms with E-state index in [0.29, 0.717) is 43.1 Å². The van der Waals surface area contributed by atoms with Gasteiger partial charge in [0, 0.05) is 11.6 Å². The number of unbranched alkanes of at least 4 members (excludes halogenated alkanes) is 1. The van der Waals surface area contributed by atoms with Gasteiger partial charge < -0.3 is 23.7 Å². The fourth-order valence-corrected chi connectivity index (χ4v) is 4.11. The van der Waals surface area contributed by atoms with Gasteiger partial charge in [-0.15, -0.1) is 0 Å². The van der Waals surface area contributed by atoms with E-state index in [9.17, 15) is 19.2 Å². The van der Waals surface area contributed by atoms with Crippen molar-refractivity contribution in [2.45, 2.75) is 64.4 Å². The van der Waals surface area contributed by atoms with Crippen LogP contribution in [0.25, 0.3) is 0 Å². The average molecular weight is 565 g/mol.